The molecule has 0 aromatic heterocycles. The van der Waals surface area contributed by atoms with Crippen molar-refractivity contribution in [2.24, 2.45) is 0 Å². The monoisotopic (exact) mass is 363 g/mol. The number of hydrogen-bond donors (Lipinski definition) is 1. The molecule has 4 heteroatoms. The summed E-state index contributed by atoms with van der Waals surface area (Å²) in [6.45, 7) is 2.02. The van der Waals surface area contributed by atoms with E-state index in [1.54, 1.807) is 14.2 Å². The van der Waals surface area contributed by atoms with Crippen LogP contribution < -0.4 is 14.8 Å². The van der Waals surface area contributed by atoms with Gasteiger partial charge in [-0.25, -0.2) is 0 Å². The second-order valence-electron chi connectivity index (χ2n) is 6.55. The van der Waals surface area contributed by atoms with Crippen molar-refractivity contribution in [3.8, 4) is 11.5 Å². The first-order chi connectivity index (χ1) is 13.1. The van der Waals surface area contributed by atoms with Crippen LogP contribution in [0.2, 0.25) is 0 Å². The average molecular weight is 363 g/mol. The molecule has 1 N–H and O–H groups in total. The van der Waals surface area contributed by atoms with Crippen molar-refractivity contribution < 1.29 is 14.3 Å². The lowest BCUT2D eigenvalue weighted by Gasteiger charge is -2.17. The van der Waals surface area contributed by atoms with E-state index in [1.807, 2.05) is 43.3 Å². The zero-order valence-electron chi connectivity index (χ0n) is 16.0. The van der Waals surface area contributed by atoms with Gasteiger partial charge in [0.05, 0.1) is 20.3 Å². The smallest absolute Gasteiger partial charge is 0.220 e. The number of nitrogens with one attached hydrogen (secondary N) is 1. The molecule has 4 nitrogen and oxygen atoms in total. The van der Waals surface area contributed by atoms with E-state index < -0.39 is 0 Å². The molecular formula is C23H25NO3. The van der Waals surface area contributed by atoms with Crippen LogP contribution in [0.15, 0.2) is 60.7 Å². The molecule has 0 spiro atoms. The minimum Gasteiger partial charge on any atom is -0.493 e. The summed E-state index contributed by atoms with van der Waals surface area (Å²) in [4.78, 5) is 12.4. The number of carbonyl (C=O) groups is 1. The molecule has 3 rings (SSSR count). The molecule has 1 amide bonds. The quantitative estimate of drug-likeness (QED) is 0.664. The molecule has 0 fully saturated rings. The van der Waals surface area contributed by atoms with Crippen LogP contribution in [0.5, 0.6) is 11.5 Å². The maximum Gasteiger partial charge on any atom is 0.220 e. The largest absolute Gasteiger partial charge is 0.493 e. The third kappa shape index (κ3) is 4.40. The minimum atomic E-state index is -0.0472. The molecule has 0 bridgehead atoms. The van der Waals surface area contributed by atoms with Gasteiger partial charge in [-0.3, -0.25) is 4.79 Å². The molecule has 0 aliphatic heterocycles. The molecule has 0 unspecified atom stereocenters. The van der Waals surface area contributed by atoms with E-state index >= 15 is 0 Å². The summed E-state index contributed by atoms with van der Waals surface area (Å²) in [5.41, 5.74) is 2.17. The molecule has 0 radical (unpaired) electrons. The van der Waals surface area contributed by atoms with Crippen LogP contribution in [0.4, 0.5) is 0 Å². The Labute approximate surface area is 160 Å². The number of ether oxygens (including phenoxy) is 2. The molecule has 3 aromatic carbocycles. The van der Waals surface area contributed by atoms with Crippen molar-refractivity contribution in [3.05, 3.63) is 71.8 Å². The standard InChI is InChI=1S/C23H25NO3/c1-16(19-10-6-8-18-7-4-5-9-20(18)19)24-23(25)14-12-17-11-13-21(26-2)22(15-17)27-3/h4-11,13,15-16H,12,14H2,1-3H3,(H,24,25)/t16-/m1/s1. The van der Waals surface area contributed by atoms with Gasteiger partial charge in [0, 0.05) is 6.42 Å². The van der Waals surface area contributed by atoms with Crippen LogP contribution in [0.3, 0.4) is 0 Å². The summed E-state index contributed by atoms with van der Waals surface area (Å²) in [7, 11) is 3.22. The fourth-order valence-corrected chi connectivity index (χ4v) is 3.31. The zero-order valence-corrected chi connectivity index (χ0v) is 16.0. The maximum absolute atomic E-state index is 12.4. The number of amides is 1. The summed E-state index contributed by atoms with van der Waals surface area (Å²) in [5, 5.41) is 5.47. The molecule has 3 aromatic rings. The molecule has 0 aliphatic rings. The number of fused-ring (bicyclic) bond motifs is 1. The van der Waals surface area contributed by atoms with E-state index in [2.05, 4.69) is 29.6 Å². The van der Waals surface area contributed by atoms with Crippen molar-refractivity contribution in [1.29, 1.82) is 0 Å². The van der Waals surface area contributed by atoms with Gasteiger partial charge in [0.25, 0.3) is 0 Å². The van der Waals surface area contributed by atoms with E-state index in [-0.39, 0.29) is 11.9 Å². The van der Waals surface area contributed by atoms with Gasteiger partial charge in [-0.2, -0.15) is 0 Å². The van der Waals surface area contributed by atoms with Crippen molar-refractivity contribution in [2.75, 3.05) is 14.2 Å². The Balaban J connectivity index is 1.64. The number of rotatable bonds is 7. The molecule has 140 valence electrons. The Bertz CT molecular complexity index is 931. The summed E-state index contributed by atoms with van der Waals surface area (Å²) >= 11 is 0. The normalized spacial score (nSPS) is 11.8. The molecule has 1 atom stereocenters. The highest BCUT2D eigenvalue weighted by molar-refractivity contribution is 5.86. The number of benzene rings is 3. The Kier molecular flexibility index (Phi) is 5.97. The minimum absolute atomic E-state index is 0.0326. The summed E-state index contributed by atoms with van der Waals surface area (Å²) in [6, 6.07) is 20.1. The molecular weight excluding hydrogens is 338 g/mol. The predicted octanol–water partition coefficient (Wildman–Crippen LogP) is 4.67. The highest BCUT2D eigenvalue weighted by Gasteiger charge is 2.13. The van der Waals surface area contributed by atoms with E-state index in [0.29, 0.717) is 24.3 Å². The van der Waals surface area contributed by atoms with Crippen LogP contribution in [-0.4, -0.2) is 20.1 Å². The second-order valence-corrected chi connectivity index (χ2v) is 6.55. The fourth-order valence-electron chi connectivity index (χ4n) is 3.31. The van der Waals surface area contributed by atoms with Gasteiger partial charge in [0.15, 0.2) is 11.5 Å². The Morgan fingerprint density at radius 3 is 2.48 bits per heavy atom. The fraction of sp³-hybridized carbons (Fsp3) is 0.261. The van der Waals surface area contributed by atoms with Gasteiger partial charge in [0.1, 0.15) is 0 Å². The van der Waals surface area contributed by atoms with Crippen molar-refractivity contribution in [2.45, 2.75) is 25.8 Å². The van der Waals surface area contributed by atoms with Crippen LogP contribution in [-0.2, 0) is 11.2 Å². The summed E-state index contributed by atoms with van der Waals surface area (Å²) < 4.78 is 10.6. The lowest BCUT2D eigenvalue weighted by molar-refractivity contribution is -0.121. The molecule has 0 saturated carbocycles. The Morgan fingerprint density at radius 1 is 0.963 bits per heavy atom. The van der Waals surface area contributed by atoms with Gasteiger partial charge in [-0.1, -0.05) is 48.5 Å². The van der Waals surface area contributed by atoms with E-state index in [1.165, 1.54) is 10.8 Å². The summed E-state index contributed by atoms with van der Waals surface area (Å²) in [5.74, 6) is 1.40. The van der Waals surface area contributed by atoms with Crippen LogP contribution in [0, 0.1) is 0 Å². The van der Waals surface area contributed by atoms with Crippen LogP contribution in [0.25, 0.3) is 10.8 Å². The first-order valence-corrected chi connectivity index (χ1v) is 9.10. The van der Waals surface area contributed by atoms with E-state index in [4.69, 9.17) is 9.47 Å². The predicted molar refractivity (Wildman–Crippen MR) is 108 cm³/mol. The first kappa shape index (κ1) is 18.8. The van der Waals surface area contributed by atoms with Crippen molar-refractivity contribution in [1.82, 2.24) is 5.32 Å². The maximum atomic E-state index is 12.4. The van der Waals surface area contributed by atoms with E-state index in [0.717, 1.165) is 11.1 Å². The van der Waals surface area contributed by atoms with Crippen molar-refractivity contribution in [3.63, 3.8) is 0 Å². The number of carbonyl (C=O) groups excluding carboxylic acids is 1. The lowest BCUT2D eigenvalue weighted by atomic mass is 9.99. The van der Waals surface area contributed by atoms with E-state index in [9.17, 15) is 4.79 Å². The van der Waals surface area contributed by atoms with Crippen LogP contribution >= 0.6 is 0 Å². The molecule has 0 aliphatic carbocycles. The zero-order chi connectivity index (χ0) is 19.2. The Morgan fingerprint density at radius 2 is 1.70 bits per heavy atom. The van der Waals surface area contributed by atoms with Crippen molar-refractivity contribution >= 4 is 16.7 Å². The third-order valence-electron chi connectivity index (χ3n) is 4.76. The average Bonchev–Trinajstić information content (AvgIpc) is 2.71. The highest BCUT2D eigenvalue weighted by atomic mass is 16.5. The van der Waals surface area contributed by atoms with Crippen LogP contribution in [0.1, 0.15) is 30.5 Å². The first-order valence-electron chi connectivity index (χ1n) is 9.10. The lowest BCUT2D eigenvalue weighted by Crippen LogP contribution is -2.27. The van der Waals surface area contributed by atoms with Gasteiger partial charge >= 0.3 is 0 Å². The van der Waals surface area contributed by atoms with Gasteiger partial charge in [-0.05, 0) is 47.4 Å². The number of aryl methyl sites for hydroxylation is 1. The Hall–Kier alpha value is -3.01. The highest BCUT2D eigenvalue weighted by Crippen LogP contribution is 2.28. The SMILES string of the molecule is COc1ccc(CCC(=O)N[C@H](C)c2cccc3ccccc23)cc1OC. The van der Waals surface area contributed by atoms with Gasteiger partial charge < -0.3 is 14.8 Å². The number of methoxy groups -OCH3 is 2. The topological polar surface area (TPSA) is 47.6 Å². The second kappa shape index (κ2) is 8.58. The molecule has 27 heavy (non-hydrogen) atoms. The molecule has 0 heterocycles. The summed E-state index contributed by atoms with van der Waals surface area (Å²) in [6.07, 6.45) is 1.07. The van der Waals surface area contributed by atoms with Gasteiger partial charge in [0.2, 0.25) is 5.91 Å². The number of hydrogen-bond acceptors (Lipinski definition) is 3. The molecule has 0 saturated heterocycles. The third-order valence-corrected chi connectivity index (χ3v) is 4.76. The van der Waals surface area contributed by atoms with Gasteiger partial charge in [-0.15, -0.1) is 0 Å².